The van der Waals surface area contributed by atoms with E-state index in [0.29, 0.717) is 53.2 Å². The highest BCUT2D eigenvalue weighted by Gasteiger charge is 2.23. The number of piperazine rings is 1. The zero-order valence-electron chi connectivity index (χ0n) is 19.5. The Labute approximate surface area is 224 Å². The minimum atomic E-state index is -0.447. The Hall–Kier alpha value is -3.33. The lowest BCUT2D eigenvalue weighted by molar-refractivity contribution is 0.0746. The van der Waals surface area contributed by atoms with E-state index in [1.807, 2.05) is 47.4 Å². The molecule has 3 aromatic carbocycles. The highest BCUT2D eigenvalue weighted by Crippen LogP contribution is 2.30. The fraction of sp³-hybridized carbons (Fsp3) is 0.192. The Bertz CT molecular complexity index is 1280. The third-order valence-corrected chi connectivity index (χ3v) is 6.51. The van der Waals surface area contributed by atoms with Gasteiger partial charge in [0.25, 0.3) is 11.8 Å². The molecule has 7 nitrogen and oxygen atoms in total. The van der Waals surface area contributed by atoms with Crippen molar-refractivity contribution >= 4 is 63.7 Å². The maximum atomic E-state index is 12.7. The van der Waals surface area contributed by atoms with Gasteiger partial charge in [0.1, 0.15) is 5.75 Å². The van der Waals surface area contributed by atoms with Gasteiger partial charge in [-0.3, -0.25) is 14.9 Å². The van der Waals surface area contributed by atoms with Crippen molar-refractivity contribution in [3.05, 3.63) is 87.9 Å². The van der Waals surface area contributed by atoms with Crippen molar-refractivity contribution < 1.29 is 14.3 Å². The van der Waals surface area contributed by atoms with Crippen molar-refractivity contribution in [2.75, 3.05) is 43.5 Å². The van der Waals surface area contributed by atoms with Gasteiger partial charge in [-0.05, 0) is 60.7 Å². The molecule has 0 spiro atoms. The van der Waals surface area contributed by atoms with E-state index in [2.05, 4.69) is 15.5 Å². The van der Waals surface area contributed by atoms with Crippen molar-refractivity contribution in [2.45, 2.75) is 0 Å². The predicted octanol–water partition coefficient (Wildman–Crippen LogP) is 5.09. The molecule has 3 aromatic rings. The van der Waals surface area contributed by atoms with Crippen LogP contribution in [0.5, 0.6) is 5.75 Å². The van der Waals surface area contributed by atoms with E-state index in [-0.39, 0.29) is 16.6 Å². The van der Waals surface area contributed by atoms with Gasteiger partial charge in [-0.1, -0.05) is 41.4 Å². The average Bonchev–Trinajstić information content (AvgIpc) is 2.89. The van der Waals surface area contributed by atoms with Crippen LogP contribution >= 0.6 is 35.4 Å². The number of carbonyl (C=O) groups is 2. The van der Waals surface area contributed by atoms with Crippen LogP contribution in [0.15, 0.2) is 66.7 Å². The monoisotopic (exact) mass is 542 g/mol. The highest BCUT2D eigenvalue weighted by atomic mass is 35.5. The highest BCUT2D eigenvalue weighted by molar-refractivity contribution is 7.80. The fourth-order valence-electron chi connectivity index (χ4n) is 3.95. The third kappa shape index (κ3) is 6.07. The first-order valence-electron chi connectivity index (χ1n) is 11.2. The van der Waals surface area contributed by atoms with Gasteiger partial charge in [0.2, 0.25) is 0 Å². The number of carbonyl (C=O) groups excluding carboxylic acids is 2. The van der Waals surface area contributed by atoms with Gasteiger partial charge in [-0.2, -0.15) is 0 Å². The lowest BCUT2D eigenvalue weighted by Gasteiger charge is -2.36. The first-order valence-corrected chi connectivity index (χ1v) is 12.4. The first kappa shape index (κ1) is 25.8. The van der Waals surface area contributed by atoms with Gasteiger partial charge >= 0.3 is 0 Å². The zero-order valence-corrected chi connectivity index (χ0v) is 21.8. The number of methoxy groups -OCH3 is 1. The van der Waals surface area contributed by atoms with Crippen LogP contribution in [-0.2, 0) is 0 Å². The molecule has 0 unspecified atom stereocenters. The minimum Gasteiger partial charge on any atom is -0.496 e. The van der Waals surface area contributed by atoms with Crippen molar-refractivity contribution in [1.82, 2.24) is 10.2 Å². The summed E-state index contributed by atoms with van der Waals surface area (Å²) < 4.78 is 5.22. The SMILES string of the molecule is COc1ccc(Cl)cc1C(=O)NC(=S)Nc1ccc(N2CCN(C(=O)c3ccccc3)CC2)c(Cl)c1. The van der Waals surface area contributed by atoms with Crippen LogP contribution in [0.1, 0.15) is 20.7 Å². The molecule has 2 amide bonds. The molecule has 0 saturated carbocycles. The summed E-state index contributed by atoms with van der Waals surface area (Å²) in [6.07, 6.45) is 0. The molecule has 10 heteroatoms. The molecule has 186 valence electrons. The number of halogens is 2. The second-order valence-electron chi connectivity index (χ2n) is 8.06. The Morgan fingerprint density at radius 1 is 0.944 bits per heavy atom. The Kier molecular flexibility index (Phi) is 8.30. The van der Waals surface area contributed by atoms with E-state index >= 15 is 0 Å². The number of nitrogens with zero attached hydrogens (tertiary/aromatic N) is 2. The van der Waals surface area contributed by atoms with Crippen molar-refractivity contribution in [2.24, 2.45) is 0 Å². The molecule has 0 atom stereocenters. The largest absolute Gasteiger partial charge is 0.496 e. The molecule has 2 N–H and O–H groups in total. The molecular weight excluding hydrogens is 519 g/mol. The molecule has 1 aliphatic rings. The average molecular weight is 543 g/mol. The second-order valence-corrected chi connectivity index (χ2v) is 9.32. The first-order chi connectivity index (χ1) is 17.4. The van der Waals surface area contributed by atoms with Gasteiger partial charge in [-0.15, -0.1) is 0 Å². The molecule has 0 aromatic heterocycles. The second kappa shape index (κ2) is 11.6. The number of hydrogen-bond acceptors (Lipinski definition) is 5. The van der Waals surface area contributed by atoms with Gasteiger partial charge < -0.3 is 19.9 Å². The molecule has 4 rings (SSSR count). The summed E-state index contributed by atoms with van der Waals surface area (Å²) in [6, 6.07) is 19.5. The van der Waals surface area contributed by atoms with Crippen LogP contribution in [-0.4, -0.2) is 55.1 Å². The smallest absolute Gasteiger partial charge is 0.261 e. The van der Waals surface area contributed by atoms with Crippen molar-refractivity contribution in [1.29, 1.82) is 0 Å². The number of thiocarbonyl (C=S) groups is 1. The lowest BCUT2D eigenvalue weighted by atomic mass is 10.1. The number of anilines is 2. The summed E-state index contributed by atoms with van der Waals surface area (Å²) in [6.45, 7) is 2.54. The quantitative estimate of drug-likeness (QED) is 0.437. The molecule has 1 fully saturated rings. The van der Waals surface area contributed by atoms with E-state index in [9.17, 15) is 9.59 Å². The third-order valence-electron chi connectivity index (χ3n) is 5.77. The summed E-state index contributed by atoms with van der Waals surface area (Å²) in [7, 11) is 1.47. The summed E-state index contributed by atoms with van der Waals surface area (Å²) in [4.78, 5) is 29.3. The summed E-state index contributed by atoms with van der Waals surface area (Å²) in [5.74, 6) is -0.0259. The summed E-state index contributed by atoms with van der Waals surface area (Å²) in [5.41, 5.74) is 2.46. The van der Waals surface area contributed by atoms with Crippen LogP contribution < -0.4 is 20.3 Å². The minimum absolute atomic E-state index is 0.0341. The number of rotatable bonds is 5. The number of amides is 2. The number of benzene rings is 3. The lowest BCUT2D eigenvalue weighted by Crippen LogP contribution is -2.48. The van der Waals surface area contributed by atoms with E-state index < -0.39 is 5.91 Å². The molecule has 1 saturated heterocycles. The van der Waals surface area contributed by atoms with Crippen LogP contribution in [0.25, 0.3) is 0 Å². The zero-order chi connectivity index (χ0) is 25.7. The normalized spacial score (nSPS) is 13.2. The predicted molar refractivity (Wildman–Crippen MR) is 148 cm³/mol. The van der Waals surface area contributed by atoms with Crippen molar-refractivity contribution in [3.63, 3.8) is 0 Å². The molecule has 0 bridgehead atoms. The van der Waals surface area contributed by atoms with Crippen LogP contribution in [0.2, 0.25) is 10.0 Å². The van der Waals surface area contributed by atoms with E-state index in [0.717, 1.165) is 5.69 Å². The molecule has 0 radical (unpaired) electrons. The Balaban J connectivity index is 1.34. The van der Waals surface area contributed by atoms with Gasteiger partial charge in [0.05, 0.1) is 23.4 Å². The Morgan fingerprint density at radius 3 is 2.33 bits per heavy atom. The summed E-state index contributed by atoms with van der Waals surface area (Å²) >= 11 is 17.9. The number of hydrogen-bond donors (Lipinski definition) is 2. The van der Waals surface area contributed by atoms with Gasteiger partial charge in [0, 0.05) is 42.5 Å². The molecular formula is C26H24Cl2N4O3S. The van der Waals surface area contributed by atoms with E-state index in [1.165, 1.54) is 13.2 Å². The Morgan fingerprint density at radius 2 is 1.67 bits per heavy atom. The van der Waals surface area contributed by atoms with Crippen molar-refractivity contribution in [3.8, 4) is 5.75 Å². The summed E-state index contributed by atoms with van der Waals surface area (Å²) in [5, 5.41) is 6.66. The van der Waals surface area contributed by atoms with Crippen LogP contribution in [0, 0.1) is 0 Å². The van der Waals surface area contributed by atoms with E-state index in [1.54, 1.807) is 18.2 Å². The van der Waals surface area contributed by atoms with Gasteiger partial charge in [0.15, 0.2) is 5.11 Å². The number of ether oxygens (including phenoxy) is 1. The topological polar surface area (TPSA) is 73.9 Å². The van der Waals surface area contributed by atoms with E-state index in [4.69, 9.17) is 40.2 Å². The molecule has 36 heavy (non-hydrogen) atoms. The molecule has 1 heterocycles. The van der Waals surface area contributed by atoms with Crippen LogP contribution in [0.3, 0.4) is 0 Å². The fourth-order valence-corrected chi connectivity index (χ4v) is 4.63. The molecule has 0 aliphatic carbocycles. The molecule has 1 aliphatic heterocycles. The standard InChI is InChI=1S/C26H24Cl2N4O3S/c1-35-23-10-7-18(27)15-20(23)24(33)30-26(36)29-19-8-9-22(21(28)16-19)31-11-13-32(14-12-31)25(34)17-5-3-2-4-6-17/h2-10,15-16H,11-14H2,1H3,(H2,29,30,33,36). The number of nitrogens with one attached hydrogen (secondary N) is 2. The maximum absolute atomic E-state index is 12.7. The van der Waals surface area contributed by atoms with Gasteiger partial charge in [-0.25, -0.2) is 0 Å². The van der Waals surface area contributed by atoms with Crippen LogP contribution in [0.4, 0.5) is 11.4 Å². The maximum Gasteiger partial charge on any atom is 0.261 e.